The number of piperidine rings is 1. The summed E-state index contributed by atoms with van der Waals surface area (Å²) >= 11 is 0. The molecule has 1 unspecified atom stereocenters. The molecule has 1 aromatic carbocycles. The van der Waals surface area contributed by atoms with Gasteiger partial charge in [0.2, 0.25) is 5.91 Å². The monoisotopic (exact) mass is 300 g/mol. The Balaban J connectivity index is 1.66. The number of hydrogen-bond acceptors (Lipinski definition) is 3. The molecule has 1 aliphatic rings. The zero-order chi connectivity index (χ0) is 15.8. The number of ether oxygens (including phenoxy) is 1. The summed E-state index contributed by atoms with van der Waals surface area (Å²) in [5, 5.41) is 2.89. The molecule has 22 heavy (non-hydrogen) atoms. The van der Waals surface area contributed by atoms with E-state index in [4.69, 9.17) is 4.74 Å². The molecule has 0 aromatic heterocycles. The molecule has 1 aliphatic heterocycles. The van der Waals surface area contributed by atoms with Gasteiger partial charge in [-0.3, -0.25) is 4.79 Å². The van der Waals surface area contributed by atoms with Crippen molar-refractivity contribution in [2.75, 3.05) is 33.3 Å². The number of carbonyl (C=O) groups is 1. The molecule has 4 nitrogen and oxygen atoms in total. The number of benzene rings is 1. The lowest BCUT2D eigenvalue weighted by molar-refractivity contribution is -0.126. The normalized spacial score (nSPS) is 18.2. The van der Waals surface area contributed by atoms with Gasteiger partial charge in [-0.25, -0.2) is 0 Å². The number of carbonyl (C=O) groups excluding carboxylic acids is 1. The lowest BCUT2D eigenvalue weighted by Crippen LogP contribution is -2.41. The molecule has 4 heteroatoms. The van der Waals surface area contributed by atoms with Crippen molar-refractivity contribution in [3.8, 4) is 17.6 Å². The first kappa shape index (κ1) is 16.4. The Morgan fingerprint density at radius 3 is 3.00 bits per heavy atom. The van der Waals surface area contributed by atoms with E-state index < -0.39 is 0 Å². The Labute approximate surface area is 132 Å². The van der Waals surface area contributed by atoms with Gasteiger partial charge in [-0.05, 0) is 45.0 Å². The van der Waals surface area contributed by atoms with Crippen molar-refractivity contribution in [2.24, 2.45) is 5.92 Å². The molecule has 118 valence electrons. The van der Waals surface area contributed by atoms with Gasteiger partial charge >= 0.3 is 0 Å². The second-order valence-corrected chi connectivity index (χ2v) is 5.73. The average Bonchev–Trinajstić information content (AvgIpc) is 2.52. The highest BCUT2D eigenvalue weighted by Crippen LogP contribution is 2.16. The van der Waals surface area contributed by atoms with Crippen LogP contribution in [0.1, 0.15) is 18.4 Å². The van der Waals surface area contributed by atoms with Crippen LogP contribution in [0, 0.1) is 24.7 Å². The maximum absolute atomic E-state index is 12.0. The Hall–Kier alpha value is -1.99. The van der Waals surface area contributed by atoms with Crippen LogP contribution < -0.4 is 10.1 Å². The number of likely N-dealkylation sites (tertiary alicyclic amines) is 1. The molecule has 0 aliphatic carbocycles. The van der Waals surface area contributed by atoms with E-state index in [1.165, 1.54) is 0 Å². The molecular formula is C18H24N2O2. The summed E-state index contributed by atoms with van der Waals surface area (Å²) in [6.07, 6.45) is 2.06. The summed E-state index contributed by atoms with van der Waals surface area (Å²) in [6.45, 7) is 4.66. The molecule has 1 saturated heterocycles. The number of rotatable bonds is 4. The Morgan fingerprint density at radius 2 is 2.23 bits per heavy atom. The summed E-state index contributed by atoms with van der Waals surface area (Å²) in [5.41, 5.74) is 1.10. The van der Waals surface area contributed by atoms with Crippen LogP contribution in [0.5, 0.6) is 5.75 Å². The third kappa shape index (κ3) is 5.09. The second kappa shape index (κ2) is 8.45. The van der Waals surface area contributed by atoms with E-state index in [1.807, 2.05) is 31.2 Å². The molecule has 1 amide bonds. The van der Waals surface area contributed by atoms with Gasteiger partial charge in [-0.15, -0.1) is 0 Å². The Bertz CT molecular complexity index is 560. The SMILES string of the molecule is Cc1ccccc1OCC#CCNC(=O)C1CCCN(C)C1. The van der Waals surface area contributed by atoms with Crippen LogP contribution in [0.25, 0.3) is 0 Å². The first-order valence-electron chi connectivity index (χ1n) is 7.77. The number of para-hydroxylation sites is 1. The van der Waals surface area contributed by atoms with Crippen LogP contribution >= 0.6 is 0 Å². The molecule has 2 rings (SSSR count). The van der Waals surface area contributed by atoms with Crippen molar-refractivity contribution in [3.63, 3.8) is 0 Å². The Kier molecular flexibility index (Phi) is 6.29. The van der Waals surface area contributed by atoms with Crippen LogP contribution in [0.2, 0.25) is 0 Å². The smallest absolute Gasteiger partial charge is 0.225 e. The van der Waals surface area contributed by atoms with Crippen molar-refractivity contribution >= 4 is 5.91 Å². The van der Waals surface area contributed by atoms with Gasteiger partial charge in [0.05, 0.1) is 12.5 Å². The van der Waals surface area contributed by atoms with E-state index in [0.29, 0.717) is 13.2 Å². The van der Waals surface area contributed by atoms with Gasteiger partial charge in [0.25, 0.3) is 0 Å². The minimum Gasteiger partial charge on any atom is -0.481 e. The average molecular weight is 300 g/mol. The van der Waals surface area contributed by atoms with Crippen LogP contribution in [0.15, 0.2) is 24.3 Å². The highest BCUT2D eigenvalue weighted by Gasteiger charge is 2.23. The van der Waals surface area contributed by atoms with Crippen LogP contribution in [-0.2, 0) is 4.79 Å². The van der Waals surface area contributed by atoms with E-state index >= 15 is 0 Å². The number of nitrogens with one attached hydrogen (secondary N) is 1. The Morgan fingerprint density at radius 1 is 1.41 bits per heavy atom. The summed E-state index contributed by atoms with van der Waals surface area (Å²) in [5.74, 6) is 6.93. The number of amides is 1. The molecule has 0 radical (unpaired) electrons. The third-order valence-electron chi connectivity index (χ3n) is 3.86. The largest absolute Gasteiger partial charge is 0.481 e. The molecule has 1 fully saturated rings. The molecule has 1 aromatic rings. The van der Waals surface area contributed by atoms with Gasteiger partial charge in [0.1, 0.15) is 12.4 Å². The fourth-order valence-electron chi connectivity index (χ4n) is 2.60. The first-order valence-corrected chi connectivity index (χ1v) is 7.77. The van der Waals surface area contributed by atoms with Crippen LogP contribution in [-0.4, -0.2) is 44.1 Å². The van der Waals surface area contributed by atoms with Gasteiger partial charge in [0, 0.05) is 6.54 Å². The number of aryl methyl sites for hydroxylation is 1. The predicted octanol–water partition coefficient (Wildman–Crippen LogP) is 1.84. The van der Waals surface area contributed by atoms with Crippen molar-refractivity contribution in [3.05, 3.63) is 29.8 Å². The second-order valence-electron chi connectivity index (χ2n) is 5.73. The molecular weight excluding hydrogens is 276 g/mol. The zero-order valence-corrected chi connectivity index (χ0v) is 13.4. The van der Waals surface area contributed by atoms with E-state index in [0.717, 1.165) is 37.2 Å². The summed E-state index contributed by atoms with van der Waals surface area (Å²) in [4.78, 5) is 14.2. The van der Waals surface area contributed by atoms with Gasteiger partial charge in [-0.2, -0.15) is 0 Å². The lowest BCUT2D eigenvalue weighted by atomic mass is 9.98. The maximum atomic E-state index is 12.0. The molecule has 1 atom stereocenters. The molecule has 0 bridgehead atoms. The summed E-state index contributed by atoms with van der Waals surface area (Å²) < 4.78 is 5.58. The minimum absolute atomic E-state index is 0.101. The van der Waals surface area contributed by atoms with Crippen molar-refractivity contribution in [1.29, 1.82) is 0 Å². The fourth-order valence-corrected chi connectivity index (χ4v) is 2.60. The third-order valence-corrected chi connectivity index (χ3v) is 3.86. The van der Waals surface area contributed by atoms with Crippen molar-refractivity contribution in [1.82, 2.24) is 10.2 Å². The van der Waals surface area contributed by atoms with E-state index in [1.54, 1.807) is 0 Å². The standard InChI is InChI=1S/C18H24N2O2/c1-15-8-3-4-10-17(15)22-13-6-5-11-19-18(21)16-9-7-12-20(2)14-16/h3-4,8,10,16H,7,9,11-14H2,1-2H3,(H,19,21). The van der Waals surface area contributed by atoms with E-state index in [2.05, 4.69) is 29.1 Å². The van der Waals surface area contributed by atoms with Crippen molar-refractivity contribution in [2.45, 2.75) is 19.8 Å². The molecule has 0 saturated carbocycles. The molecule has 0 spiro atoms. The lowest BCUT2D eigenvalue weighted by Gasteiger charge is -2.28. The first-order chi connectivity index (χ1) is 10.7. The molecule has 1 N–H and O–H groups in total. The maximum Gasteiger partial charge on any atom is 0.225 e. The van der Waals surface area contributed by atoms with Crippen molar-refractivity contribution < 1.29 is 9.53 Å². The fraction of sp³-hybridized carbons (Fsp3) is 0.500. The quantitative estimate of drug-likeness (QED) is 0.863. The number of hydrogen-bond donors (Lipinski definition) is 1. The van der Waals surface area contributed by atoms with Gasteiger partial charge in [0.15, 0.2) is 0 Å². The highest BCUT2D eigenvalue weighted by atomic mass is 16.5. The van der Waals surface area contributed by atoms with Gasteiger partial charge in [-0.1, -0.05) is 30.0 Å². The summed E-state index contributed by atoms with van der Waals surface area (Å²) in [6, 6.07) is 7.85. The zero-order valence-electron chi connectivity index (χ0n) is 13.4. The number of nitrogens with zero attached hydrogens (tertiary/aromatic N) is 1. The topological polar surface area (TPSA) is 41.6 Å². The van der Waals surface area contributed by atoms with Crippen LogP contribution in [0.4, 0.5) is 0 Å². The predicted molar refractivity (Wildman–Crippen MR) is 87.7 cm³/mol. The van der Waals surface area contributed by atoms with Gasteiger partial charge < -0.3 is 15.0 Å². The summed E-state index contributed by atoms with van der Waals surface area (Å²) in [7, 11) is 2.06. The highest BCUT2D eigenvalue weighted by molar-refractivity contribution is 5.79. The van der Waals surface area contributed by atoms with E-state index in [-0.39, 0.29) is 11.8 Å². The molecule has 1 heterocycles. The van der Waals surface area contributed by atoms with E-state index in [9.17, 15) is 4.79 Å². The minimum atomic E-state index is 0.101. The van der Waals surface area contributed by atoms with Crippen LogP contribution in [0.3, 0.4) is 0 Å².